The van der Waals surface area contributed by atoms with Gasteiger partial charge in [-0.1, -0.05) is 60.7 Å². The minimum Gasteiger partial charge on any atom is -0.496 e. The Hall–Kier alpha value is -4.28. The summed E-state index contributed by atoms with van der Waals surface area (Å²) in [6.45, 7) is 2.11. The molecule has 1 aromatic heterocycles. The molecule has 0 bridgehead atoms. The number of ether oxygens (including phenoxy) is 1. The Labute approximate surface area is 305 Å². The molecular weight excluding hydrogens is 712 g/mol. The highest BCUT2D eigenvalue weighted by molar-refractivity contribution is 5.86. The van der Waals surface area contributed by atoms with Crippen molar-refractivity contribution in [2.45, 2.75) is 30.7 Å². The minimum atomic E-state index is -4.75. The van der Waals surface area contributed by atoms with Gasteiger partial charge in [-0.15, -0.1) is 29.9 Å². The lowest BCUT2D eigenvalue weighted by atomic mass is 9.81. The molecule has 0 unspecified atom stereocenters. The molecule has 0 aliphatic carbocycles. The van der Waals surface area contributed by atoms with Crippen LogP contribution in [0, 0.1) is 0 Å². The molecule has 274 valence electrons. The molecule has 0 saturated carbocycles. The van der Waals surface area contributed by atoms with Gasteiger partial charge in [0.2, 0.25) is 11.8 Å². The van der Waals surface area contributed by atoms with Gasteiger partial charge in [0.05, 0.1) is 19.3 Å². The van der Waals surface area contributed by atoms with E-state index in [-0.39, 0.29) is 61.0 Å². The highest BCUT2D eigenvalue weighted by Gasteiger charge is 2.43. The van der Waals surface area contributed by atoms with Crippen molar-refractivity contribution in [1.82, 2.24) is 40.2 Å². The molecule has 2 amide bonds. The molecule has 2 N–H and O–H groups in total. The van der Waals surface area contributed by atoms with Crippen LogP contribution in [0.15, 0.2) is 78.9 Å². The number of carbonyl (C=O) groups excluding carboxylic acids is 2. The molecule has 12 nitrogen and oxygen atoms in total. The Kier molecular flexibility index (Phi) is 13.4. The molecule has 3 heterocycles. The van der Waals surface area contributed by atoms with E-state index in [2.05, 4.69) is 54.9 Å². The Morgan fingerprint density at radius 2 is 1.63 bits per heavy atom. The summed E-state index contributed by atoms with van der Waals surface area (Å²) in [5, 5.41) is 21.6. The van der Waals surface area contributed by atoms with Crippen LogP contribution in [0.5, 0.6) is 5.75 Å². The summed E-state index contributed by atoms with van der Waals surface area (Å²) < 4.78 is 47.4. The van der Waals surface area contributed by atoms with Crippen molar-refractivity contribution in [3.8, 4) is 11.4 Å². The quantitative estimate of drug-likeness (QED) is 0.251. The number of carbonyl (C=O) groups is 2. The van der Waals surface area contributed by atoms with Crippen LogP contribution in [0.1, 0.15) is 28.4 Å². The van der Waals surface area contributed by atoms with Crippen LogP contribution < -0.4 is 10.1 Å². The standard InChI is InChI=1S/C34H37F3N8O4.2ClH/c1-49-29-13-12-26(45-33(34(35,36)37)39-40-41-45)16-25(29)18-42-19-27-20-43(31(48)17-38-30(47)22-46)14-15-44(27)28(21-42)32(23-8-4-2-5-9-23)24-10-6-3-7-11-24;;/h2-13,16,27-28,32,46H,14-15,17-22H2,1H3,(H,38,47);2*1H/t27-,28+;;/m1../s1. The largest absolute Gasteiger partial charge is 0.496 e. The number of aliphatic hydroxyl groups excluding tert-OH is 1. The van der Waals surface area contributed by atoms with Gasteiger partial charge in [0.1, 0.15) is 12.4 Å². The Bertz CT molecular complexity index is 1710. The zero-order valence-corrected chi connectivity index (χ0v) is 29.3. The highest BCUT2D eigenvalue weighted by atomic mass is 35.5. The van der Waals surface area contributed by atoms with Crippen LogP contribution in [-0.4, -0.2) is 117 Å². The molecule has 17 heteroatoms. The summed E-state index contributed by atoms with van der Waals surface area (Å²) in [7, 11) is 1.51. The van der Waals surface area contributed by atoms with Crippen molar-refractivity contribution < 1.29 is 32.6 Å². The van der Waals surface area contributed by atoms with Crippen molar-refractivity contribution in [1.29, 1.82) is 0 Å². The van der Waals surface area contributed by atoms with Gasteiger partial charge >= 0.3 is 6.18 Å². The molecule has 2 saturated heterocycles. The molecule has 3 aromatic carbocycles. The second kappa shape index (κ2) is 17.3. The maximum absolute atomic E-state index is 13.7. The second-order valence-corrected chi connectivity index (χ2v) is 12.1. The van der Waals surface area contributed by atoms with E-state index in [9.17, 15) is 22.8 Å². The molecule has 51 heavy (non-hydrogen) atoms. The van der Waals surface area contributed by atoms with Gasteiger partial charge in [-0.05, 0) is 39.8 Å². The van der Waals surface area contributed by atoms with E-state index < -0.39 is 24.5 Å². The second-order valence-electron chi connectivity index (χ2n) is 12.1. The Morgan fingerprint density at radius 1 is 0.961 bits per heavy atom. The number of tetrazole rings is 1. The smallest absolute Gasteiger partial charge is 0.453 e. The van der Waals surface area contributed by atoms with E-state index in [0.717, 1.165) is 11.1 Å². The third-order valence-electron chi connectivity index (χ3n) is 9.13. The van der Waals surface area contributed by atoms with Crippen LogP contribution in [0.4, 0.5) is 13.2 Å². The maximum atomic E-state index is 13.7. The average molecular weight is 752 g/mol. The van der Waals surface area contributed by atoms with Gasteiger partial charge in [0, 0.05) is 62.8 Å². The Balaban J connectivity index is 0.00000292. The number of benzene rings is 3. The number of hydrogen-bond acceptors (Lipinski definition) is 9. The fourth-order valence-corrected chi connectivity index (χ4v) is 6.96. The molecule has 0 spiro atoms. The summed E-state index contributed by atoms with van der Waals surface area (Å²) >= 11 is 0. The van der Waals surface area contributed by atoms with Gasteiger partial charge in [-0.2, -0.15) is 17.9 Å². The number of alkyl halides is 3. The summed E-state index contributed by atoms with van der Waals surface area (Å²) in [5.74, 6) is -1.61. The lowest BCUT2D eigenvalue weighted by molar-refractivity contribution is -0.146. The van der Waals surface area contributed by atoms with Gasteiger partial charge < -0.3 is 20.1 Å². The normalized spacial score (nSPS) is 18.0. The van der Waals surface area contributed by atoms with Gasteiger partial charge in [-0.3, -0.25) is 19.4 Å². The van der Waals surface area contributed by atoms with E-state index in [1.165, 1.54) is 13.2 Å². The van der Waals surface area contributed by atoms with Crippen molar-refractivity contribution in [3.05, 3.63) is 101 Å². The summed E-state index contributed by atoms with van der Waals surface area (Å²) in [5.41, 5.74) is 3.08. The molecule has 2 aliphatic rings. The van der Waals surface area contributed by atoms with Crippen molar-refractivity contribution in [3.63, 3.8) is 0 Å². The maximum Gasteiger partial charge on any atom is 0.453 e. The zero-order chi connectivity index (χ0) is 34.5. The first-order valence-electron chi connectivity index (χ1n) is 15.9. The van der Waals surface area contributed by atoms with E-state index in [0.29, 0.717) is 55.3 Å². The number of amides is 2. The number of hydrogen-bond donors (Lipinski definition) is 2. The topological polar surface area (TPSA) is 129 Å². The van der Waals surface area contributed by atoms with E-state index in [1.807, 2.05) is 36.4 Å². The van der Waals surface area contributed by atoms with Gasteiger partial charge in [0.25, 0.3) is 5.82 Å². The SMILES string of the molecule is COc1ccc(-n2nnnc2C(F)(F)F)cc1CN1C[C@@H]2CN(C(=O)CNC(=O)CO)CCN2[C@H](C(c2ccccc2)c2ccccc2)C1.Cl.Cl. The molecule has 0 radical (unpaired) electrons. The fraction of sp³-hybridized carbons (Fsp3) is 0.382. The number of rotatable bonds is 10. The lowest BCUT2D eigenvalue weighted by Crippen LogP contribution is -2.67. The van der Waals surface area contributed by atoms with Crippen molar-refractivity contribution in [2.75, 3.05) is 53.0 Å². The minimum absolute atomic E-state index is 0. The molecular formula is C34H39Cl2F3N8O4. The highest BCUT2D eigenvalue weighted by Crippen LogP contribution is 2.37. The predicted molar refractivity (Wildman–Crippen MR) is 186 cm³/mol. The van der Waals surface area contributed by atoms with Crippen LogP contribution >= 0.6 is 24.8 Å². The number of piperazine rings is 2. The fourth-order valence-electron chi connectivity index (χ4n) is 6.96. The predicted octanol–water partition coefficient (Wildman–Crippen LogP) is 3.17. The zero-order valence-electron chi connectivity index (χ0n) is 27.6. The number of nitrogens with zero attached hydrogens (tertiary/aromatic N) is 7. The first-order chi connectivity index (χ1) is 23.7. The molecule has 4 aromatic rings. The summed E-state index contributed by atoms with van der Waals surface area (Å²) in [6.07, 6.45) is -4.75. The average Bonchev–Trinajstić information content (AvgIpc) is 3.63. The van der Waals surface area contributed by atoms with E-state index in [1.54, 1.807) is 17.0 Å². The number of nitrogens with one attached hydrogen (secondary N) is 1. The van der Waals surface area contributed by atoms with Crippen LogP contribution in [0.3, 0.4) is 0 Å². The van der Waals surface area contributed by atoms with E-state index in [4.69, 9.17) is 9.84 Å². The molecule has 2 aliphatic heterocycles. The van der Waals surface area contributed by atoms with Crippen LogP contribution in [0.25, 0.3) is 5.69 Å². The van der Waals surface area contributed by atoms with Crippen molar-refractivity contribution >= 4 is 36.6 Å². The number of methoxy groups -OCH3 is 1. The number of aromatic nitrogens is 4. The first kappa shape index (κ1) is 39.5. The van der Waals surface area contributed by atoms with Gasteiger partial charge in [-0.25, -0.2) is 0 Å². The molecule has 2 atom stereocenters. The number of fused-ring (bicyclic) bond motifs is 1. The third-order valence-corrected chi connectivity index (χ3v) is 9.13. The number of halogens is 5. The van der Waals surface area contributed by atoms with Crippen LogP contribution in [0.2, 0.25) is 0 Å². The van der Waals surface area contributed by atoms with Gasteiger partial charge in [0.15, 0.2) is 0 Å². The van der Waals surface area contributed by atoms with E-state index >= 15 is 0 Å². The lowest BCUT2D eigenvalue weighted by Gasteiger charge is -2.53. The summed E-state index contributed by atoms with van der Waals surface area (Å²) in [4.78, 5) is 31.2. The number of aliphatic hydroxyl groups is 1. The molecule has 6 rings (SSSR count). The monoisotopic (exact) mass is 750 g/mol. The van der Waals surface area contributed by atoms with Crippen molar-refractivity contribution in [2.24, 2.45) is 0 Å². The molecule has 2 fully saturated rings. The summed E-state index contributed by atoms with van der Waals surface area (Å²) in [6, 6.07) is 25.1. The first-order valence-corrected chi connectivity index (χ1v) is 15.9. The Morgan fingerprint density at radius 3 is 2.24 bits per heavy atom. The van der Waals surface area contributed by atoms with Crippen LogP contribution in [-0.2, 0) is 22.3 Å². The third kappa shape index (κ3) is 8.97.